The van der Waals surface area contributed by atoms with Gasteiger partial charge >= 0.3 is 0 Å². The van der Waals surface area contributed by atoms with E-state index in [0.29, 0.717) is 0 Å². The molecule has 0 aromatic heterocycles. The first kappa shape index (κ1) is 6.11. The zero-order valence-corrected chi connectivity index (χ0v) is 5.29. The van der Waals surface area contributed by atoms with Crippen molar-refractivity contribution in [3.05, 3.63) is 0 Å². The normalized spacial score (nSPS) is 47.5. The fourth-order valence-corrected chi connectivity index (χ4v) is 1.04. The second-order valence-corrected chi connectivity index (χ2v) is 2.45. The van der Waals surface area contributed by atoms with Gasteiger partial charge in [-0.05, 0) is 13.3 Å². The van der Waals surface area contributed by atoms with Crippen molar-refractivity contribution in [1.82, 2.24) is 0 Å². The average Bonchev–Trinajstić information content (AvgIpc) is 1.85. The molecule has 0 aliphatic carbocycles. The summed E-state index contributed by atoms with van der Waals surface area (Å²) in [4.78, 5) is 0. The summed E-state index contributed by atoms with van der Waals surface area (Å²) in [5.41, 5.74) is 0. The molecule has 8 heavy (non-hydrogen) atoms. The van der Waals surface area contributed by atoms with E-state index in [1.165, 1.54) is 0 Å². The zero-order valence-electron chi connectivity index (χ0n) is 5.29. The maximum atomic E-state index is 9.04. The zero-order chi connectivity index (χ0) is 6.15. The molecule has 0 bridgehead atoms. The van der Waals surface area contributed by atoms with E-state index in [1.807, 2.05) is 14.8 Å². The summed E-state index contributed by atoms with van der Waals surface area (Å²) in [6.07, 6.45) is 0.608. The molecule has 1 heterocycles. The average molecular weight is 114 g/mol. The number of aliphatic hydroxyl groups is 1. The SMILES string of the molecule is B[C@H]1C[C@@H](O)[C@@H](C)O1. The van der Waals surface area contributed by atoms with Gasteiger partial charge in [0.05, 0.1) is 12.2 Å². The Balaban J connectivity index is 2.39. The molecule has 3 atom stereocenters. The first-order valence-corrected chi connectivity index (χ1v) is 3.03. The molecule has 0 spiro atoms. The smallest absolute Gasteiger partial charge is 0.139 e. The fourth-order valence-electron chi connectivity index (χ4n) is 1.04. The molecule has 1 N–H and O–H groups in total. The third kappa shape index (κ3) is 1.04. The Morgan fingerprint density at radius 2 is 2.38 bits per heavy atom. The van der Waals surface area contributed by atoms with Gasteiger partial charge in [-0.1, -0.05) is 0 Å². The molecule has 0 aromatic rings. The summed E-state index contributed by atoms with van der Waals surface area (Å²) in [7, 11) is 1.98. The van der Waals surface area contributed by atoms with Gasteiger partial charge in [0.15, 0.2) is 0 Å². The Morgan fingerprint density at radius 1 is 1.75 bits per heavy atom. The van der Waals surface area contributed by atoms with E-state index in [9.17, 15) is 0 Å². The molecule has 1 fully saturated rings. The molecule has 3 heteroatoms. The highest BCUT2D eigenvalue weighted by atomic mass is 16.5. The molecule has 1 rings (SSSR count). The van der Waals surface area contributed by atoms with Crippen LogP contribution in [0.25, 0.3) is 0 Å². The number of hydrogen-bond acceptors (Lipinski definition) is 2. The first-order valence-electron chi connectivity index (χ1n) is 3.03. The molecule has 2 nitrogen and oxygen atoms in total. The lowest BCUT2D eigenvalue weighted by Gasteiger charge is -2.04. The van der Waals surface area contributed by atoms with Gasteiger partial charge < -0.3 is 9.84 Å². The van der Waals surface area contributed by atoms with Crippen LogP contribution in [0.4, 0.5) is 0 Å². The third-order valence-electron chi connectivity index (χ3n) is 1.56. The largest absolute Gasteiger partial charge is 0.390 e. The minimum absolute atomic E-state index is 0.0463. The lowest BCUT2D eigenvalue weighted by Crippen LogP contribution is -2.15. The maximum Gasteiger partial charge on any atom is 0.139 e. The molecule has 0 radical (unpaired) electrons. The van der Waals surface area contributed by atoms with Crippen LogP contribution in [0.15, 0.2) is 0 Å². The van der Waals surface area contributed by atoms with Gasteiger partial charge in [0.2, 0.25) is 0 Å². The van der Waals surface area contributed by atoms with Crippen LogP contribution in [0.5, 0.6) is 0 Å². The number of aliphatic hydroxyl groups excluding tert-OH is 1. The molecule has 0 unspecified atom stereocenters. The van der Waals surface area contributed by atoms with Crippen LogP contribution in [0.2, 0.25) is 0 Å². The number of ether oxygens (including phenoxy) is 1. The fraction of sp³-hybridized carbons (Fsp3) is 1.00. The van der Waals surface area contributed by atoms with Gasteiger partial charge in [0.25, 0.3) is 0 Å². The number of hydrogen-bond donors (Lipinski definition) is 1. The van der Waals surface area contributed by atoms with Crippen LogP contribution in [-0.2, 0) is 4.74 Å². The Hall–Kier alpha value is -0.0151. The van der Waals surface area contributed by atoms with E-state index < -0.39 is 0 Å². The van der Waals surface area contributed by atoms with Gasteiger partial charge in [-0.2, -0.15) is 0 Å². The summed E-state index contributed by atoms with van der Waals surface area (Å²) in [6.45, 7) is 1.90. The van der Waals surface area contributed by atoms with Gasteiger partial charge in [-0.3, -0.25) is 0 Å². The Bertz CT molecular complexity index is 76.5. The summed E-state index contributed by atoms with van der Waals surface area (Å²) < 4.78 is 5.22. The van der Waals surface area contributed by atoms with Crippen LogP contribution < -0.4 is 0 Å². The lowest BCUT2D eigenvalue weighted by molar-refractivity contribution is 0.0456. The second-order valence-electron chi connectivity index (χ2n) is 2.45. The third-order valence-corrected chi connectivity index (χ3v) is 1.56. The molecule has 1 aliphatic rings. The van der Waals surface area contributed by atoms with Crippen molar-refractivity contribution >= 4 is 7.85 Å². The summed E-state index contributed by atoms with van der Waals surface area (Å²) in [5, 5.41) is 9.04. The maximum absolute atomic E-state index is 9.04. The van der Waals surface area contributed by atoms with Crippen LogP contribution in [0.3, 0.4) is 0 Å². The van der Waals surface area contributed by atoms with Gasteiger partial charge in [0, 0.05) is 6.00 Å². The summed E-state index contributed by atoms with van der Waals surface area (Å²) >= 11 is 0. The van der Waals surface area contributed by atoms with E-state index in [0.717, 1.165) is 6.42 Å². The van der Waals surface area contributed by atoms with Crippen LogP contribution in [-0.4, -0.2) is 31.2 Å². The highest BCUT2D eigenvalue weighted by molar-refractivity contribution is 6.11. The van der Waals surface area contributed by atoms with Crippen molar-refractivity contribution in [1.29, 1.82) is 0 Å². The Morgan fingerprint density at radius 3 is 2.50 bits per heavy atom. The first-order chi connectivity index (χ1) is 3.70. The number of rotatable bonds is 0. The van der Waals surface area contributed by atoms with E-state index in [4.69, 9.17) is 9.84 Å². The molecule has 46 valence electrons. The van der Waals surface area contributed by atoms with Crippen molar-refractivity contribution < 1.29 is 9.84 Å². The predicted octanol–water partition coefficient (Wildman–Crippen LogP) is -0.885. The van der Waals surface area contributed by atoms with E-state index in [2.05, 4.69) is 0 Å². The van der Waals surface area contributed by atoms with Gasteiger partial charge in [0.1, 0.15) is 7.85 Å². The quantitative estimate of drug-likeness (QED) is 0.414. The van der Waals surface area contributed by atoms with Crippen molar-refractivity contribution in [2.24, 2.45) is 0 Å². The molecule has 0 aromatic carbocycles. The predicted molar refractivity (Wildman–Crippen MR) is 33.5 cm³/mol. The standard InChI is InChI=1S/C5H11BO2/c1-3-4(7)2-5(6)8-3/h3-5,7H,2,6H2,1H3/t3-,4-,5-/m1/s1. The molecule has 1 aliphatic heterocycles. The van der Waals surface area contributed by atoms with E-state index in [-0.39, 0.29) is 18.2 Å². The lowest BCUT2D eigenvalue weighted by atomic mass is 9.96. The topological polar surface area (TPSA) is 29.5 Å². The molecule has 0 amide bonds. The van der Waals surface area contributed by atoms with Crippen molar-refractivity contribution in [2.75, 3.05) is 0 Å². The molecular weight excluding hydrogens is 103 g/mol. The van der Waals surface area contributed by atoms with Crippen molar-refractivity contribution in [2.45, 2.75) is 31.6 Å². The van der Waals surface area contributed by atoms with Crippen molar-refractivity contribution in [3.63, 3.8) is 0 Å². The van der Waals surface area contributed by atoms with Crippen molar-refractivity contribution in [3.8, 4) is 0 Å². The molecule has 1 saturated heterocycles. The van der Waals surface area contributed by atoms with Crippen LogP contribution in [0.1, 0.15) is 13.3 Å². The summed E-state index contributed by atoms with van der Waals surface area (Å²) in [6, 6.07) is 0.250. The van der Waals surface area contributed by atoms with Crippen LogP contribution in [0, 0.1) is 0 Å². The van der Waals surface area contributed by atoms with Gasteiger partial charge in [-0.15, -0.1) is 0 Å². The minimum atomic E-state index is -0.231. The van der Waals surface area contributed by atoms with Gasteiger partial charge in [-0.25, -0.2) is 0 Å². The van der Waals surface area contributed by atoms with E-state index in [1.54, 1.807) is 0 Å². The molecule has 0 saturated carbocycles. The molecular formula is C5H11BO2. The minimum Gasteiger partial charge on any atom is -0.390 e. The second kappa shape index (κ2) is 2.07. The summed E-state index contributed by atoms with van der Waals surface area (Å²) in [5.74, 6) is 0. The van der Waals surface area contributed by atoms with E-state index >= 15 is 0 Å². The Labute approximate surface area is 50.3 Å². The Kier molecular flexibility index (Phi) is 1.58. The highest BCUT2D eigenvalue weighted by Gasteiger charge is 2.26. The highest BCUT2D eigenvalue weighted by Crippen LogP contribution is 2.16. The van der Waals surface area contributed by atoms with Crippen LogP contribution >= 0.6 is 0 Å². The monoisotopic (exact) mass is 114 g/mol.